The van der Waals surface area contributed by atoms with Crippen LogP contribution in [-0.2, 0) is 32.7 Å². The van der Waals surface area contributed by atoms with E-state index in [-0.39, 0.29) is 38.9 Å². The molecule has 0 aliphatic heterocycles. The van der Waals surface area contributed by atoms with Gasteiger partial charge in [-0.3, -0.25) is 18.6 Å². The van der Waals surface area contributed by atoms with Crippen molar-refractivity contribution in [2.75, 3.05) is 47.5 Å². The highest BCUT2D eigenvalue weighted by atomic mass is 31.2. The number of likely N-dealkylation sites (N-methyl/N-ethyl adjacent to an activating group) is 1. The van der Waals surface area contributed by atoms with Crippen molar-refractivity contribution in [3.63, 3.8) is 0 Å². The van der Waals surface area contributed by atoms with Crippen molar-refractivity contribution in [2.24, 2.45) is 0 Å². The number of carbonyl (C=O) groups is 2. The van der Waals surface area contributed by atoms with Crippen LogP contribution < -0.4 is 0 Å². The first kappa shape index (κ1) is 57.9. The van der Waals surface area contributed by atoms with Gasteiger partial charge in [0.2, 0.25) is 0 Å². The molecule has 1 unspecified atom stereocenters. The Bertz CT molecular complexity index is 1200. The van der Waals surface area contributed by atoms with Crippen molar-refractivity contribution in [1.29, 1.82) is 0 Å². The monoisotopic (exact) mass is 871 g/mol. The van der Waals surface area contributed by atoms with E-state index < -0.39 is 44.7 Å². The van der Waals surface area contributed by atoms with Crippen LogP contribution in [0.4, 0.5) is 0 Å². The van der Waals surface area contributed by atoms with Gasteiger partial charge in [-0.05, 0) is 51.4 Å². The second-order valence-corrected chi connectivity index (χ2v) is 18.5. The van der Waals surface area contributed by atoms with E-state index in [1.165, 1.54) is 83.5 Å². The minimum Gasteiger partial charge on any atom is -0.462 e. The number of allylic oxidation sites excluding steroid dienone is 7. The fourth-order valence-electron chi connectivity index (χ4n) is 6.28. The highest BCUT2D eigenvalue weighted by molar-refractivity contribution is 7.47. The summed E-state index contributed by atoms with van der Waals surface area (Å²) in [6.07, 6.45) is 39.0. The molecule has 0 fully saturated rings. The molecule has 11 nitrogen and oxygen atoms in total. The predicted octanol–water partition coefficient (Wildman–Crippen LogP) is 11.4. The Morgan fingerprint density at radius 1 is 0.583 bits per heavy atom. The zero-order valence-electron chi connectivity index (χ0n) is 38.7. The van der Waals surface area contributed by atoms with Crippen LogP contribution in [0.1, 0.15) is 181 Å². The van der Waals surface area contributed by atoms with E-state index in [9.17, 15) is 29.3 Å². The summed E-state index contributed by atoms with van der Waals surface area (Å²) >= 11 is 0. The second-order valence-electron chi connectivity index (χ2n) is 17.1. The smallest absolute Gasteiger partial charge is 0.462 e. The molecule has 0 rings (SSSR count). The van der Waals surface area contributed by atoms with Crippen LogP contribution in [0, 0.1) is 0 Å². The van der Waals surface area contributed by atoms with Crippen LogP contribution in [-0.4, -0.2) is 97.3 Å². The molecule has 350 valence electrons. The third-order valence-corrected chi connectivity index (χ3v) is 11.1. The summed E-state index contributed by atoms with van der Waals surface area (Å²) in [5.41, 5.74) is 0. The number of unbranched alkanes of at least 4 members (excludes halogenated alkanes) is 16. The summed E-state index contributed by atoms with van der Waals surface area (Å²) in [7, 11) is 1.32. The number of hydrogen-bond donors (Lipinski definition) is 3. The van der Waals surface area contributed by atoms with E-state index in [1.54, 1.807) is 0 Å². The van der Waals surface area contributed by atoms with Gasteiger partial charge in [0.15, 0.2) is 6.10 Å². The molecule has 60 heavy (non-hydrogen) atoms. The normalized spacial score (nSPS) is 15.0. The van der Waals surface area contributed by atoms with Gasteiger partial charge in [0.1, 0.15) is 19.8 Å². The molecule has 0 saturated heterocycles. The van der Waals surface area contributed by atoms with Crippen LogP contribution >= 0.6 is 7.82 Å². The lowest BCUT2D eigenvalue weighted by atomic mass is 10.0. The number of nitrogens with zero attached hydrogens (tertiary/aromatic N) is 1. The number of ether oxygens (including phenoxy) is 2. The van der Waals surface area contributed by atoms with Gasteiger partial charge in [-0.2, -0.15) is 0 Å². The molecule has 0 aromatic rings. The molecule has 0 radical (unpaired) electrons. The van der Waals surface area contributed by atoms with E-state index in [0.717, 1.165) is 44.9 Å². The maximum absolute atomic E-state index is 12.7. The Balaban J connectivity index is 4.54. The predicted molar refractivity (Wildman–Crippen MR) is 245 cm³/mol. The number of phosphoric acid groups is 1. The molecule has 0 aliphatic rings. The maximum atomic E-state index is 12.7. The first-order valence-corrected chi connectivity index (χ1v) is 25.0. The number of carbonyl (C=O) groups excluding carboxylic acids is 2. The van der Waals surface area contributed by atoms with Gasteiger partial charge in [-0.25, -0.2) is 4.57 Å². The van der Waals surface area contributed by atoms with Gasteiger partial charge in [0.25, 0.3) is 0 Å². The molecule has 0 aliphatic carbocycles. The Morgan fingerprint density at radius 2 is 1.05 bits per heavy atom. The lowest BCUT2D eigenvalue weighted by molar-refractivity contribution is -0.870. The van der Waals surface area contributed by atoms with E-state index >= 15 is 0 Å². The zero-order valence-corrected chi connectivity index (χ0v) is 39.6. The van der Waals surface area contributed by atoms with Crippen molar-refractivity contribution < 1.29 is 52.3 Å². The third-order valence-electron chi connectivity index (χ3n) is 10.1. The minimum atomic E-state index is -4.45. The number of rotatable bonds is 42. The van der Waals surface area contributed by atoms with Gasteiger partial charge >= 0.3 is 19.8 Å². The summed E-state index contributed by atoms with van der Waals surface area (Å²) < 4.78 is 34.1. The van der Waals surface area contributed by atoms with Gasteiger partial charge in [0, 0.05) is 12.8 Å². The quantitative estimate of drug-likeness (QED) is 0.0178. The third kappa shape index (κ3) is 41.3. The molecule has 4 atom stereocenters. The molecule has 0 spiro atoms. The molecule has 3 N–H and O–H groups in total. The van der Waals surface area contributed by atoms with E-state index in [0.29, 0.717) is 23.9 Å². The lowest BCUT2D eigenvalue weighted by Crippen LogP contribution is -2.37. The number of aliphatic hydroxyl groups is 2. The molecule has 0 heterocycles. The molecule has 12 heteroatoms. The van der Waals surface area contributed by atoms with Gasteiger partial charge in [-0.15, -0.1) is 0 Å². The SMILES string of the molecule is CC/C=C\C/C=C\C/C=C\C/C=C\C[C@H](O)[C@@H](O)CCCC(=O)OC[C@H](COP(=O)(O)OCC[N+](C)(C)C)OC(=O)CCCCCCCCCCCCCCCCCCC. The Morgan fingerprint density at radius 3 is 1.55 bits per heavy atom. The van der Waals surface area contributed by atoms with Gasteiger partial charge in [-0.1, -0.05) is 165 Å². The highest BCUT2D eigenvalue weighted by Gasteiger charge is 2.27. The van der Waals surface area contributed by atoms with Crippen molar-refractivity contribution in [3.8, 4) is 0 Å². The molecule has 0 aromatic heterocycles. The fourth-order valence-corrected chi connectivity index (χ4v) is 7.02. The largest absolute Gasteiger partial charge is 0.472 e. The molecular weight excluding hydrogens is 781 g/mol. The minimum absolute atomic E-state index is 0.0139. The number of aliphatic hydroxyl groups excluding tert-OH is 2. The molecule has 0 aromatic carbocycles. The summed E-state index contributed by atoms with van der Waals surface area (Å²) in [4.78, 5) is 35.5. The van der Waals surface area contributed by atoms with Gasteiger partial charge < -0.3 is 29.1 Å². The highest BCUT2D eigenvalue weighted by Crippen LogP contribution is 2.43. The van der Waals surface area contributed by atoms with E-state index in [2.05, 4.69) is 50.3 Å². The second kappa shape index (κ2) is 39.7. The first-order valence-electron chi connectivity index (χ1n) is 23.5. The summed E-state index contributed by atoms with van der Waals surface area (Å²) in [5, 5.41) is 20.7. The number of hydrogen-bond acceptors (Lipinski definition) is 9. The van der Waals surface area contributed by atoms with Gasteiger partial charge in [0.05, 0.1) is 40.0 Å². The molecule has 0 bridgehead atoms. The Hall–Kier alpha value is -2.11. The van der Waals surface area contributed by atoms with Crippen LogP contribution in [0.3, 0.4) is 0 Å². The zero-order chi connectivity index (χ0) is 44.6. The number of esters is 2. The summed E-state index contributed by atoms with van der Waals surface area (Å²) in [6.45, 7) is 3.98. The summed E-state index contributed by atoms with van der Waals surface area (Å²) in [6, 6.07) is 0. The molecular formula is C48H89NO10P+. The number of quaternary nitrogens is 1. The standard InChI is InChI=1S/C48H88NO10P/c1-6-8-10-12-14-16-18-20-21-22-23-24-26-28-30-32-34-38-48(53)59-44(43-58-60(54,55)57-41-40-49(3,4)5)42-56-47(52)39-35-37-46(51)45(50)36-33-31-29-27-25-19-17-15-13-11-9-7-2/h9,11,15,17,25,27,31,33,44-46,50-51H,6-8,10,12-14,16,18-24,26,28-30,32,34-43H2,1-5H3/p+1/b11-9-,17-15-,27-25-,33-31-/t44-,45+,46+/m1/s1. The van der Waals surface area contributed by atoms with Crippen molar-refractivity contribution in [1.82, 2.24) is 0 Å². The Labute approximate surface area is 366 Å². The van der Waals surface area contributed by atoms with Crippen molar-refractivity contribution in [3.05, 3.63) is 48.6 Å². The van der Waals surface area contributed by atoms with E-state index in [1.807, 2.05) is 33.3 Å². The van der Waals surface area contributed by atoms with Crippen molar-refractivity contribution >= 4 is 19.8 Å². The molecule has 0 saturated carbocycles. The van der Waals surface area contributed by atoms with Crippen molar-refractivity contribution in [2.45, 2.75) is 199 Å². The van der Waals surface area contributed by atoms with Crippen LogP contribution in [0.25, 0.3) is 0 Å². The average Bonchev–Trinajstić information content (AvgIpc) is 3.19. The van der Waals surface area contributed by atoms with E-state index in [4.69, 9.17) is 18.5 Å². The average molecular weight is 871 g/mol. The summed E-state index contributed by atoms with van der Waals surface area (Å²) in [5.74, 6) is -1.08. The number of phosphoric ester groups is 1. The fraction of sp³-hybridized carbons (Fsp3) is 0.792. The maximum Gasteiger partial charge on any atom is 0.472 e. The lowest BCUT2D eigenvalue weighted by Gasteiger charge is -2.24. The first-order chi connectivity index (χ1) is 28.8. The van der Waals surface area contributed by atoms with Crippen LogP contribution in [0.15, 0.2) is 48.6 Å². The van der Waals surface area contributed by atoms with Crippen LogP contribution in [0.2, 0.25) is 0 Å². The van der Waals surface area contributed by atoms with Crippen LogP contribution in [0.5, 0.6) is 0 Å². The molecule has 0 amide bonds. The topological polar surface area (TPSA) is 149 Å². The Kier molecular flexibility index (Phi) is 38.3.